The van der Waals surface area contributed by atoms with Gasteiger partial charge < -0.3 is 4.57 Å². The number of piperidine rings is 1. The highest BCUT2D eigenvalue weighted by atomic mass is 15.2. The van der Waals surface area contributed by atoms with Crippen LogP contribution >= 0.6 is 0 Å². The summed E-state index contributed by atoms with van der Waals surface area (Å²) in [6.07, 6.45) is 12.4. The van der Waals surface area contributed by atoms with Crippen molar-refractivity contribution in [2.45, 2.75) is 65.3 Å². The second-order valence-corrected chi connectivity index (χ2v) is 9.14. The Morgan fingerprint density at radius 1 is 1.03 bits per heavy atom. The Bertz CT molecular complexity index is 875. The zero-order valence-corrected chi connectivity index (χ0v) is 18.5. The van der Waals surface area contributed by atoms with Crippen LogP contribution in [0.15, 0.2) is 60.3 Å². The molecule has 2 nitrogen and oxygen atoms in total. The molecule has 1 aliphatic carbocycles. The van der Waals surface area contributed by atoms with E-state index in [1.165, 1.54) is 73.3 Å². The van der Waals surface area contributed by atoms with Crippen LogP contribution in [0.3, 0.4) is 0 Å². The Morgan fingerprint density at radius 3 is 2.38 bits per heavy atom. The predicted octanol–water partition coefficient (Wildman–Crippen LogP) is 6.92. The molecule has 2 aromatic rings. The van der Waals surface area contributed by atoms with Crippen molar-refractivity contribution in [3.05, 3.63) is 77.2 Å². The van der Waals surface area contributed by atoms with Gasteiger partial charge in [-0.25, -0.2) is 0 Å². The number of para-hydroxylation sites is 1. The van der Waals surface area contributed by atoms with Crippen molar-refractivity contribution >= 4 is 0 Å². The molecule has 1 fully saturated rings. The fourth-order valence-electron chi connectivity index (χ4n) is 5.34. The molecule has 0 amide bonds. The van der Waals surface area contributed by atoms with Crippen LogP contribution in [-0.4, -0.2) is 22.6 Å². The van der Waals surface area contributed by atoms with Crippen LogP contribution in [-0.2, 0) is 0 Å². The van der Waals surface area contributed by atoms with Gasteiger partial charge in [-0.1, -0.05) is 48.4 Å². The number of hydrogen-bond donors (Lipinski definition) is 0. The van der Waals surface area contributed by atoms with Gasteiger partial charge in [0.25, 0.3) is 0 Å². The molecule has 2 aliphatic rings. The Kier molecular flexibility index (Phi) is 6.10. The van der Waals surface area contributed by atoms with Crippen molar-refractivity contribution in [2.24, 2.45) is 5.92 Å². The topological polar surface area (TPSA) is 8.17 Å². The molecule has 2 heterocycles. The minimum atomic E-state index is 0.398. The lowest BCUT2D eigenvalue weighted by Crippen LogP contribution is -2.36. The summed E-state index contributed by atoms with van der Waals surface area (Å²) in [6.45, 7) is 13.3. The highest BCUT2D eigenvalue weighted by Gasteiger charge is 2.30. The molecule has 0 N–H and O–H groups in total. The summed E-state index contributed by atoms with van der Waals surface area (Å²) in [5.74, 6) is 0.658. The Labute approximate surface area is 176 Å². The van der Waals surface area contributed by atoms with Gasteiger partial charge in [0.2, 0.25) is 0 Å². The molecule has 1 aromatic carbocycles. The number of nitrogens with zero attached hydrogens (tertiary/aromatic N) is 2. The molecular formula is C27H36N2. The second-order valence-electron chi connectivity index (χ2n) is 9.14. The number of rotatable bonds is 5. The Balaban J connectivity index is 1.76. The molecule has 2 unspecified atom stereocenters. The van der Waals surface area contributed by atoms with Gasteiger partial charge in [0.05, 0.1) is 11.7 Å². The van der Waals surface area contributed by atoms with Crippen molar-refractivity contribution in [3.63, 3.8) is 0 Å². The summed E-state index contributed by atoms with van der Waals surface area (Å²) in [4.78, 5) is 2.75. The van der Waals surface area contributed by atoms with Crippen molar-refractivity contribution in [2.75, 3.05) is 13.1 Å². The maximum atomic E-state index is 4.22. The minimum absolute atomic E-state index is 0.398. The molecule has 2 heteroatoms. The first-order valence-electron chi connectivity index (χ1n) is 11.4. The number of allylic oxidation sites excluding steroid dienone is 2. The molecule has 1 aliphatic heterocycles. The maximum absolute atomic E-state index is 4.22. The Hall–Kier alpha value is -2.06. The standard InChI is InChI=1S/C27H36N2/c1-20(2)23-13-15-24(16-14-23)27(28-17-6-5-7-18-28)25-12-9-19-29(25)26-21(3)10-8-11-22(26)4/h8-12,15,19,23,27H,1,5-7,13-14,16-18H2,2-4H3. The molecule has 0 radical (unpaired) electrons. The predicted molar refractivity (Wildman–Crippen MR) is 124 cm³/mol. The van der Waals surface area contributed by atoms with Gasteiger partial charge in [-0.05, 0) is 95.1 Å². The third-order valence-corrected chi connectivity index (χ3v) is 6.99. The van der Waals surface area contributed by atoms with Gasteiger partial charge in [0.15, 0.2) is 0 Å². The molecule has 1 aromatic heterocycles. The third kappa shape index (κ3) is 4.14. The van der Waals surface area contributed by atoms with E-state index < -0.39 is 0 Å². The van der Waals surface area contributed by atoms with E-state index in [0.29, 0.717) is 12.0 Å². The number of benzene rings is 1. The largest absolute Gasteiger partial charge is 0.318 e. The maximum Gasteiger partial charge on any atom is 0.0719 e. The first-order valence-corrected chi connectivity index (χ1v) is 11.4. The fourth-order valence-corrected chi connectivity index (χ4v) is 5.34. The van der Waals surface area contributed by atoms with Gasteiger partial charge in [-0.3, -0.25) is 4.90 Å². The van der Waals surface area contributed by atoms with E-state index in [1.54, 1.807) is 5.57 Å². The molecule has 154 valence electrons. The molecule has 0 saturated carbocycles. The first kappa shape index (κ1) is 20.2. The van der Waals surface area contributed by atoms with Crippen LogP contribution < -0.4 is 0 Å². The minimum Gasteiger partial charge on any atom is -0.318 e. The van der Waals surface area contributed by atoms with E-state index in [0.717, 1.165) is 6.42 Å². The van der Waals surface area contributed by atoms with Gasteiger partial charge in [-0.15, -0.1) is 0 Å². The normalized spacial score (nSPS) is 21.6. The summed E-state index contributed by atoms with van der Waals surface area (Å²) in [5.41, 5.74) is 8.44. The quantitative estimate of drug-likeness (QED) is 0.504. The van der Waals surface area contributed by atoms with Crippen LogP contribution in [0.5, 0.6) is 0 Å². The van der Waals surface area contributed by atoms with Gasteiger partial charge in [-0.2, -0.15) is 0 Å². The SMILES string of the molecule is C=C(C)C1CC=C(C(c2cccn2-c2c(C)cccc2C)N2CCCCC2)CC1. The van der Waals surface area contributed by atoms with Gasteiger partial charge in [0.1, 0.15) is 0 Å². The fraction of sp³-hybridized carbons (Fsp3) is 0.481. The van der Waals surface area contributed by atoms with E-state index in [4.69, 9.17) is 0 Å². The van der Waals surface area contributed by atoms with Crippen molar-refractivity contribution in [3.8, 4) is 5.69 Å². The zero-order chi connectivity index (χ0) is 20.4. The first-order chi connectivity index (χ1) is 14.1. The van der Waals surface area contributed by atoms with Crippen LogP contribution in [0.2, 0.25) is 0 Å². The third-order valence-electron chi connectivity index (χ3n) is 6.99. The molecule has 0 bridgehead atoms. The van der Waals surface area contributed by atoms with E-state index >= 15 is 0 Å². The lowest BCUT2D eigenvalue weighted by atomic mass is 9.82. The van der Waals surface area contributed by atoms with E-state index in [-0.39, 0.29) is 0 Å². The van der Waals surface area contributed by atoms with Crippen molar-refractivity contribution in [1.82, 2.24) is 9.47 Å². The van der Waals surface area contributed by atoms with Crippen molar-refractivity contribution < 1.29 is 0 Å². The average molecular weight is 389 g/mol. The summed E-state index contributed by atoms with van der Waals surface area (Å²) in [6, 6.07) is 11.6. The average Bonchev–Trinajstić information content (AvgIpc) is 3.18. The van der Waals surface area contributed by atoms with Crippen molar-refractivity contribution in [1.29, 1.82) is 0 Å². The van der Waals surface area contributed by atoms with Crippen LogP contribution in [0.4, 0.5) is 0 Å². The number of likely N-dealkylation sites (tertiary alicyclic amines) is 1. The molecule has 4 rings (SSSR count). The molecular weight excluding hydrogens is 352 g/mol. The summed E-state index contributed by atoms with van der Waals surface area (Å²) in [7, 11) is 0. The van der Waals surface area contributed by atoms with Gasteiger partial charge >= 0.3 is 0 Å². The van der Waals surface area contributed by atoms with Crippen LogP contribution in [0.1, 0.15) is 68.3 Å². The second kappa shape index (κ2) is 8.75. The highest BCUT2D eigenvalue weighted by molar-refractivity contribution is 5.49. The summed E-state index contributed by atoms with van der Waals surface area (Å²) in [5, 5.41) is 0. The Morgan fingerprint density at radius 2 is 1.76 bits per heavy atom. The lowest BCUT2D eigenvalue weighted by Gasteiger charge is -2.38. The van der Waals surface area contributed by atoms with E-state index in [9.17, 15) is 0 Å². The molecule has 1 saturated heterocycles. The molecule has 29 heavy (non-hydrogen) atoms. The molecule has 0 spiro atoms. The molecule has 2 atom stereocenters. The zero-order valence-electron chi connectivity index (χ0n) is 18.5. The van der Waals surface area contributed by atoms with Crippen LogP contribution in [0.25, 0.3) is 5.69 Å². The number of hydrogen-bond acceptors (Lipinski definition) is 1. The van der Waals surface area contributed by atoms with Gasteiger partial charge in [0, 0.05) is 11.9 Å². The van der Waals surface area contributed by atoms with Crippen LogP contribution in [0, 0.1) is 19.8 Å². The van der Waals surface area contributed by atoms with E-state index in [2.05, 4.69) is 79.4 Å². The number of aromatic nitrogens is 1. The summed E-state index contributed by atoms with van der Waals surface area (Å²) < 4.78 is 2.47. The summed E-state index contributed by atoms with van der Waals surface area (Å²) >= 11 is 0. The number of aryl methyl sites for hydroxylation is 2. The highest BCUT2D eigenvalue weighted by Crippen LogP contribution is 2.40. The lowest BCUT2D eigenvalue weighted by molar-refractivity contribution is 0.176. The van der Waals surface area contributed by atoms with E-state index in [1.807, 2.05) is 0 Å². The monoisotopic (exact) mass is 388 g/mol. The smallest absolute Gasteiger partial charge is 0.0719 e.